The molecule has 2 aliphatic rings. The van der Waals surface area contributed by atoms with Crippen LogP contribution in [0.3, 0.4) is 0 Å². The van der Waals surface area contributed by atoms with E-state index in [9.17, 15) is 0 Å². The first-order chi connectivity index (χ1) is 17.0. The van der Waals surface area contributed by atoms with E-state index in [4.69, 9.17) is 32.7 Å². The zero-order valence-electron chi connectivity index (χ0n) is 20.7. The highest BCUT2D eigenvalue weighted by atomic mass is 35.5. The second kappa shape index (κ2) is 13.1. The molecular weight excluding hydrogens is 485 g/mol. The van der Waals surface area contributed by atoms with Gasteiger partial charge >= 0.3 is 0 Å². The van der Waals surface area contributed by atoms with E-state index < -0.39 is 0 Å². The summed E-state index contributed by atoms with van der Waals surface area (Å²) < 4.78 is 10.7. The molecule has 192 valence electrons. The second-order valence-corrected chi connectivity index (χ2v) is 10.4. The van der Waals surface area contributed by atoms with E-state index in [0.29, 0.717) is 28.2 Å². The number of anilines is 2. The van der Waals surface area contributed by atoms with Crippen LogP contribution in [-0.2, 0) is 9.47 Å². The first-order valence-corrected chi connectivity index (χ1v) is 13.4. The summed E-state index contributed by atoms with van der Waals surface area (Å²) in [6, 6.07) is 5.02. The first-order valence-electron chi connectivity index (χ1n) is 12.6. The van der Waals surface area contributed by atoms with Gasteiger partial charge in [0.25, 0.3) is 0 Å². The predicted octanol–water partition coefficient (Wildman–Crippen LogP) is 5.59. The van der Waals surface area contributed by atoms with Gasteiger partial charge in [0.15, 0.2) is 0 Å². The Morgan fingerprint density at radius 3 is 2.54 bits per heavy atom. The Kier molecular flexibility index (Phi) is 9.86. The molecule has 2 aromatic rings. The molecule has 0 amide bonds. The third-order valence-electron chi connectivity index (χ3n) is 7.24. The number of ether oxygens (including phenoxy) is 2. The molecule has 1 saturated carbocycles. The van der Waals surface area contributed by atoms with Gasteiger partial charge in [0.1, 0.15) is 11.0 Å². The fourth-order valence-corrected chi connectivity index (χ4v) is 5.37. The molecule has 0 bridgehead atoms. The van der Waals surface area contributed by atoms with E-state index in [2.05, 4.69) is 32.5 Å². The molecule has 3 heterocycles. The van der Waals surface area contributed by atoms with Crippen LogP contribution in [0.5, 0.6) is 0 Å². The van der Waals surface area contributed by atoms with Crippen molar-refractivity contribution in [2.75, 3.05) is 57.7 Å². The lowest BCUT2D eigenvalue weighted by atomic mass is 9.90. The van der Waals surface area contributed by atoms with Gasteiger partial charge in [-0.1, -0.05) is 23.2 Å². The first kappa shape index (κ1) is 26.4. The number of hydrogen-bond acceptors (Lipinski definition) is 7. The molecule has 2 fully saturated rings. The Labute approximate surface area is 218 Å². The fourth-order valence-electron chi connectivity index (χ4n) is 4.96. The molecule has 35 heavy (non-hydrogen) atoms. The van der Waals surface area contributed by atoms with Gasteiger partial charge in [0.2, 0.25) is 0 Å². The van der Waals surface area contributed by atoms with Crippen LogP contribution in [0.1, 0.15) is 38.5 Å². The summed E-state index contributed by atoms with van der Waals surface area (Å²) >= 11 is 13.1. The van der Waals surface area contributed by atoms with Crippen LogP contribution in [0, 0.1) is 5.92 Å². The van der Waals surface area contributed by atoms with Crippen molar-refractivity contribution in [3.8, 4) is 11.1 Å². The van der Waals surface area contributed by atoms with E-state index in [1.165, 1.54) is 0 Å². The monoisotopic (exact) mass is 521 g/mol. The average Bonchev–Trinajstić information content (AvgIpc) is 2.89. The lowest BCUT2D eigenvalue weighted by Gasteiger charge is -2.35. The number of rotatable bonds is 10. The highest BCUT2D eigenvalue weighted by Gasteiger charge is 2.24. The maximum absolute atomic E-state index is 6.57. The van der Waals surface area contributed by atoms with Crippen molar-refractivity contribution in [2.45, 2.75) is 50.6 Å². The van der Waals surface area contributed by atoms with Gasteiger partial charge in [-0.25, -0.2) is 9.97 Å². The van der Waals surface area contributed by atoms with Gasteiger partial charge < -0.3 is 25.0 Å². The van der Waals surface area contributed by atoms with Crippen LogP contribution in [0.15, 0.2) is 24.5 Å². The Morgan fingerprint density at radius 1 is 1.03 bits per heavy atom. The highest BCUT2D eigenvalue weighted by molar-refractivity contribution is 6.36. The van der Waals surface area contributed by atoms with Gasteiger partial charge in [-0.15, -0.1) is 0 Å². The fraction of sp³-hybridized carbons (Fsp3) is 0.615. The van der Waals surface area contributed by atoms with E-state index in [0.717, 1.165) is 94.1 Å². The minimum atomic E-state index is 0.393. The van der Waals surface area contributed by atoms with Crippen LogP contribution < -0.4 is 10.6 Å². The molecule has 1 saturated heterocycles. The lowest BCUT2D eigenvalue weighted by molar-refractivity contribution is 0.0699. The minimum Gasteiger partial charge on any atom is -0.384 e. The number of pyridine rings is 2. The third kappa shape index (κ3) is 7.43. The molecule has 4 rings (SSSR count). The predicted molar refractivity (Wildman–Crippen MR) is 144 cm³/mol. The van der Waals surface area contributed by atoms with E-state index >= 15 is 0 Å². The number of hydrogen-bond donors (Lipinski definition) is 2. The van der Waals surface area contributed by atoms with Crippen LogP contribution in [0.2, 0.25) is 10.2 Å². The summed E-state index contributed by atoms with van der Waals surface area (Å²) in [6.45, 7) is 4.32. The molecule has 2 aromatic heterocycles. The Balaban J connectivity index is 1.39. The van der Waals surface area contributed by atoms with Crippen LogP contribution in [0.25, 0.3) is 11.1 Å². The van der Waals surface area contributed by atoms with Crippen molar-refractivity contribution in [2.24, 2.45) is 5.92 Å². The van der Waals surface area contributed by atoms with E-state index in [-0.39, 0.29) is 0 Å². The summed E-state index contributed by atoms with van der Waals surface area (Å²) in [6.07, 6.45) is 10.2. The number of halogens is 2. The van der Waals surface area contributed by atoms with E-state index in [1.54, 1.807) is 19.5 Å². The van der Waals surface area contributed by atoms with Gasteiger partial charge in [-0.3, -0.25) is 0 Å². The second-order valence-electron chi connectivity index (χ2n) is 9.67. The molecule has 2 N–H and O–H groups in total. The Morgan fingerprint density at radius 2 is 1.80 bits per heavy atom. The third-order valence-corrected chi connectivity index (χ3v) is 7.84. The van der Waals surface area contributed by atoms with Crippen molar-refractivity contribution in [1.82, 2.24) is 14.9 Å². The minimum absolute atomic E-state index is 0.393. The lowest BCUT2D eigenvalue weighted by Crippen LogP contribution is -2.39. The Hall–Kier alpha value is -1.64. The SMILES string of the molecule is COCCN(C)[C@H]1CC[C@H](Nc2cc(-c3cc(NCC4CCOCC4)cnc3Cl)c(Cl)cn2)CC1. The normalized spacial score (nSPS) is 21.3. The quantitative estimate of drug-likeness (QED) is 0.394. The molecule has 0 radical (unpaired) electrons. The van der Waals surface area contributed by atoms with Crippen molar-refractivity contribution in [3.05, 3.63) is 34.7 Å². The largest absolute Gasteiger partial charge is 0.384 e. The van der Waals surface area contributed by atoms with Crippen LogP contribution >= 0.6 is 23.2 Å². The maximum atomic E-state index is 6.57. The summed E-state index contributed by atoms with van der Waals surface area (Å²) in [5.74, 6) is 1.43. The molecule has 1 aliphatic heterocycles. The molecular formula is C26H37Cl2N5O2. The van der Waals surface area contributed by atoms with Crippen LogP contribution in [0.4, 0.5) is 11.5 Å². The van der Waals surface area contributed by atoms with Crippen LogP contribution in [-0.4, -0.2) is 74.0 Å². The Bertz CT molecular complexity index is 949. The zero-order chi connectivity index (χ0) is 24.6. The standard InChI is InChI=1S/C26H37Cl2N5O2/c1-33(9-12-34-2)21-5-3-19(4-6-21)32-25-14-22(24(27)17-30-25)23-13-20(16-31-26(23)28)29-15-18-7-10-35-11-8-18/h13-14,16-19,21,29H,3-12,15H2,1-2H3,(H,30,32)/t19-,21-. The van der Waals surface area contributed by atoms with E-state index in [1.807, 2.05) is 12.1 Å². The summed E-state index contributed by atoms with van der Waals surface area (Å²) in [5, 5.41) is 8.12. The van der Waals surface area contributed by atoms with Gasteiger partial charge in [-0.2, -0.15) is 0 Å². The number of likely N-dealkylation sites (N-methyl/N-ethyl adjacent to an activating group) is 1. The van der Waals surface area contributed by atoms with Gasteiger partial charge in [0, 0.05) is 62.8 Å². The molecule has 7 nitrogen and oxygen atoms in total. The maximum Gasteiger partial charge on any atom is 0.137 e. The molecule has 0 atom stereocenters. The molecule has 1 aliphatic carbocycles. The van der Waals surface area contributed by atoms with Crippen molar-refractivity contribution in [1.29, 1.82) is 0 Å². The number of nitrogens with one attached hydrogen (secondary N) is 2. The van der Waals surface area contributed by atoms with Crippen molar-refractivity contribution < 1.29 is 9.47 Å². The zero-order valence-corrected chi connectivity index (χ0v) is 22.2. The molecule has 0 unspecified atom stereocenters. The number of methoxy groups -OCH3 is 1. The summed E-state index contributed by atoms with van der Waals surface area (Å²) in [5.41, 5.74) is 2.58. The summed E-state index contributed by atoms with van der Waals surface area (Å²) in [7, 11) is 3.94. The molecule has 0 spiro atoms. The summed E-state index contributed by atoms with van der Waals surface area (Å²) in [4.78, 5) is 11.4. The van der Waals surface area contributed by atoms with Crippen molar-refractivity contribution in [3.63, 3.8) is 0 Å². The molecule has 9 heteroatoms. The average molecular weight is 523 g/mol. The van der Waals surface area contributed by atoms with Gasteiger partial charge in [-0.05, 0) is 63.6 Å². The number of nitrogens with zero attached hydrogens (tertiary/aromatic N) is 3. The topological polar surface area (TPSA) is 71.5 Å². The van der Waals surface area contributed by atoms with Crippen molar-refractivity contribution >= 4 is 34.7 Å². The number of aromatic nitrogens is 2. The smallest absolute Gasteiger partial charge is 0.137 e. The van der Waals surface area contributed by atoms with Gasteiger partial charge in [0.05, 0.1) is 23.5 Å². The highest BCUT2D eigenvalue weighted by Crippen LogP contribution is 2.35. The molecule has 0 aromatic carbocycles.